The molecule has 3 rings (SSSR count). The summed E-state index contributed by atoms with van der Waals surface area (Å²) < 4.78 is 7.10. The van der Waals surface area contributed by atoms with Gasteiger partial charge in [0.05, 0.1) is 31.1 Å². The number of phenolic OH excluding ortho intramolecular Hbond substituents is 2. The minimum Gasteiger partial charge on any atom is -0.507 e. The lowest BCUT2D eigenvalue weighted by molar-refractivity contribution is 0.271. The van der Waals surface area contributed by atoms with E-state index in [1.54, 1.807) is 0 Å². The van der Waals surface area contributed by atoms with Crippen molar-refractivity contribution in [1.82, 2.24) is 19.7 Å². The van der Waals surface area contributed by atoms with Gasteiger partial charge in [-0.25, -0.2) is 0 Å². The van der Waals surface area contributed by atoms with Crippen molar-refractivity contribution < 1.29 is 20.1 Å². The van der Waals surface area contributed by atoms with Gasteiger partial charge in [-0.1, -0.05) is 20.8 Å². The smallest absolute Gasteiger partial charge is 0.205 e. The Morgan fingerprint density at radius 2 is 1.82 bits per heavy atom. The van der Waals surface area contributed by atoms with Crippen LogP contribution >= 0.6 is 0 Å². The number of benzene rings is 1. The van der Waals surface area contributed by atoms with Gasteiger partial charge in [-0.15, -0.1) is 5.10 Å². The second-order valence-electron chi connectivity index (χ2n) is 8.62. The van der Waals surface area contributed by atoms with Crippen molar-refractivity contribution in [2.45, 2.75) is 65.6 Å². The summed E-state index contributed by atoms with van der Waals surface area (Å²) in [6.45, 7) is 10.4. The average molecular weight is 459 g/mol. The van der Waals surface area contributed by atoms with Gasteiger partial charge >= 0.3 is 0 Å². The van der Waals surface area contributed by atoms with E-state index in [2.05, 4.69) is 53.1 Å². The van der Waals surface area contributed by atoms with Crippen LogP contribution in [0.5, 0.6) is 17.2 Å². The lowest BCUT2D eigenvalue weighted by Gasteiger charge is -2.26. The molecule has 0 bridgehead atoms. The van der Waals surface area contributed by atoms with Crippen LogP contribution in [-0.2, 0) is 6.54 Å². The number of nitrogens with one attached hydrogen (secondary N) is 2. The molecule has 2 aliphatic heterocycles. The molecule has 1 aromatic carbocycles. The Morgan fingerprint density at radius 1 is 1.09 bits per heavy atom. The number of fused-ring (bicyclic) bond motifs is 1. The molecule has 1 unspecified atom stereocenters. The highest BCUT2D eigenvalue weighted by Gasteiger charge is 2.28. The van der Waals surface area contributed by atoms with E-state index < -0.39 is 0 Å². The molecule has 2 heterocycles. The van der Waals surface area contributed by atoms with Gasteiger partial charge in [0.15, 0.2) is 23.0 Å². The van der Waals surface area contributed by atoms with E-state index in [0.717, 1.165) is 17.8 Å². The molecular formula is C23H34N6O4. The second kappa shape index (κ2) is 10.1. The van der Waals surface area contributed by atoms with E-state index >= 15 is 0 Å². The lowest BCUT2D eigenvalue weighted by Crippen LogP contribution is -2.27. The van der Waals surface area contributed by atoms with Gasteiger partial charge < -0.3 is 35.3 Å². The molecule has 180 valence electrons. The van der Waals surface area contributed by atoms with E-state index in [9.17, 15) is 15.3 Å². The van der Waals surface area contributed by atoms with E-state index in [-0.39, 0.29) is 48.4 Å². The second-order valence-corrected chi connectivity index (χ2v) is 8.62. The number of ether oxygens (including phenoxy) is 1. The average Bonchev–Trinajstić information content (AvgIpc) is 3.22. The topological polar surface area (TPSA) is 138 Å². The quantitative estimate of drug-likeness (QED) is 0.288. The molecule has 33 heavy (non-hydrogen) atoms. The standard InChI is InChI=1S/C23H34N6O4/c1-7-15(11-30)25-23-26-22(24-10-14-8-17(32)18(33-6)9-16(14)31)20-21(29(23)13(4)5)19(12(2)3)27-28-20/h8-9,12-13,15,24,30-32H,7,10-11H2,1-6H3,(H,25,26). The predicted molar refractivity (Wildman–Crippen MR) is 127 cm³/mol. The normalized spacial score (nSPS) is 12.5. The highest BCUT2D eigenvalue weighted by molar-refractivity contribution is 5.75. The van der Waals surface area contributed by atoms with Crippen LogP contribution in [-0.4, -0.2) is 54.8 Å². The maximum Gasteiger partial charge on any atom is 0.205 e. The number of phenols is 2. The summed E-state index contributed by atoms with van der Waals surface area (Å²) in [6.07, 6.45) is 0.727. The van der Waals surface area contributed by atoms with Gasteiger partial charge in [0, 0.05) is 24.2 Å². The first-order chi connectivity index (χ1) is 15.7. The molecule has 0 spiro atoms. The number of hydrogen-bond acceptors (Lipinski definition) is 9. The lowest BCUT2D eigenvalue weighted by atomic mass is 10.1. The van der Waals surface area contributed by atoms with Gasteiger partial charge in [-0.2, -0.15) is 10.1 Å². The van der Waals surface area contributed by atoms with Gasteiger partial charge in [0.1, 0.15) is 5.75 Å². The Kier molecular flexibility index (Phi) is 7.47. The van der Waals surface area contributed by atoms with Crippen LogP contribution in [0, 0.1) is 0 Å². The van der Waals surface area contributed by atoms with Crippen molar-refractivity contribution >= 4 is 11.8 Å². The largest absolute Gasteiger partial charge is 0.507 e. The Balaban J connectivity index is 2.08. The molecule has 1 aromatic rings. The zero-order chi connectivity index (χ0) is 24.3. The molecule has 0 saturated carbocycles. The van der Waals surface area contributed by atoms with E-state index in [1.165, 1.54) is 19.2 Å². The molecule has 0 aromatic heterocycles. The summed E-state index contributed by atoms with van der Waals surface area (Å²) in [5.74, 6) is 1.35. The Hall–Kier alpha value is -3.27. The molecule has 0 fully saturated rings. The first-order valence-corrected chi connectivity index (χ1v) is 11.2. The Morgan fingerprint density at radius 3 is 2.39 bits per heavy atom. The molecule has 2 aliphatic rings. The minimum atomic E-state index is -0.159. The number of rotatable bonds is 10. The summed E-state index contributed by atoms with van der Waals surface area (Å²) in [4.78, 5) is 4.79. The summed E-state index contributed by atoms with van der Waals surface area (Å²) in [6, 6.07) is 2.73. The number of anilines is 2. The molecule has 5 N–H and O–H groups in total. The molecule has 0 radical (unpaired) electrons. The maximum atomic E-state index is 10.3. The van der Waals surface area contributed by atoms with Crippen molar-refractivity contribution in [1.29, 1.82) is 0 Å². The third-order valence-electron chi connectivity index (χ3n) is 5.57. The molecule has 0 amide bonds. The maximum absolute atomic E-state index is 10.3. The molecule has 10 heteroatoms. The van der Waals surface area contributed by atoms with Gasteiger partial charge in [-0.3, -0.25) is 0 Å². The zero-order valence-electron chi connectivity index (χ0n) is 20.0. The van der Waals surface area contributed by atoms with Crippen LogP contribution in [0.15, 0.2) is 12.1 Å². The first kappa shape index (κ1) is 24.4. The molecular weight excluding hydrogens is 424 g/mol. The Bertz CT molecular complexity index is 1060. The van der Waals surface area contributed by atoms with E-state index in [1.807, 2.05) is 6.92 Å². The van der Waals surface area contributed by atoms with Crippen LogP contribution in [0.3, 0.4) is 0 Å². The first-order valence-electron chi connectivity index (χ1n) is 11.2. The van der Waals surface area contributed by atoms with Crippen LogP contribution < -0.4 is 15.4 Å². The van der Waals surface area contributed by atoms with Crippen molar-refractivity contribution in [3.8, 4) is 28.6 Å². The molecule has 0 saturated heterocycles. The summed E-state index contributed by atoms with van der Waals surface area (Å²) in [7, 11) is 1.42. The van der Waals surface area contributed by atoms with Crippen molar-refractivity contribution in [3.63, 3.8) is 0 Å². The van der Waals surface area contributed by atoms with Crippen molar-refractivity contribution in [3.05, 3.63) is 23.4 Å². The molecule has 10 nitrogen and oxygen atoms in total. The summed E-state index contributed by atoms with van der Waals surface area (Å²) >= 11 is 0. The number of aliphatic hydroxyl groups is 1. The highest BCUT2D eigenvalue weighted by atomic mass is 16.5. The van der Waals surface area contributed by atoms with E-state index in [0.29, 0.717) is 23.0 Å². The number of hydrogen-bond donors (Lipinski definition) is 5. The van der Waals surface area contributed by atoms with Crippen LogP contribution in [0.4, 0.5) is 11.8 Å². The van der Waals surface area contributed by atoms with Crippen LogP contribution in [0.25, 0.3) is 11.4 Å². The number of aliphatic hydroxyl groups excluding tert-OH is 1. The fourth-order valence-corrected chi connectivity index (χ4v) is 3.70. The number of aromatic hydroxyl groups is 2. The van der Waals surface area contributed by atoms with E-state index in [4.69, 9.17) is 9.72 Å². The summed E-state index contributed by atoms with van der Waals surface area (Å²) in [5, 5.41) is 45.6. The predicted octanol–water partition coefficient (Wildman–Crippen LogP) is 3.70. The monoisotopic (exact) mass is 458 g/mol. The third kappa shape index (κ3) is 4.90. The van der Waals surface area contributed by atoms with Crippen molar-refractivity contribution in [2.75, 3.05) is 24.4 Å². The Labute approximate surface area is 194 Å². The fourth-order valence-electron chi connectivity index (χ4n) is 3.70. The van der Waals surface area contributed by atoms with Gasteiger partial charge in [-0.05, 0) is 32.3 Å². The SMILES string of the molecule is CCC(CO)Nc1nc(NCc2cc(O)c(OC)cc2O)c2nnc(C(C)C)c-2n1C(C)C. The number of aromatic nitrogens is 4. The fraction of sp³-hybridized carbons (Fsp3) is 0.522. The van der Waals surface area contributed by atoms with Crippen LogP contribution in [0.1, 0.15) is 64.3 Å². The minimum absolute atomic E-state index is 0.0114. The highest BCUT2D eigenvalue weighted by Crippen LogP contribution is 2.38. The molecule has 0 aliphatic carbocycles. The third-order valence-corrected chi connectivity index (χ3v) is 5.57. The van der Waals surface area contributed by atoms with Gasteiger partial charge in [0.25, 0.3) is 0 Å². The number of methoxy groups -OCH3 is 1. The van der Waals surface area contributed by atoms with Crippen LogP contribution in [0.2, 0.25) is 0 Å². The van der Waals surface area contributed by atoms with Gasteiger partial charge in [0.2, 0.25) is 5.95 Å². The summed E-state index contributed by atoms with van der Waals surface area (Å²) in [5.41, 5.74) is 2.82. The number of nitrogens with zero attached hydrogens (tertiary/aromatic N) is 4. The molecule has 1 atom stereocenters. The zero-order valence-corrected chi connectivity index (χ0v) is 20.0. The van der Waals surface area contributed by atoms with Crippen molar-refractivity contribution in [2.24, 2.45) is 0 Å².